The Morgan fingerprint density at radius 1 is 1.12 bits per heavy atom. The van der Waals surface area contributed by atoms with Crippen molar-refractivity contribution in [1.82, 2.24) is 20.2 Å². The normalized spacial score (nSPS) is 19.9. The van der Waals surface area contributed by atoms with E-state index >= 15 is 0 Å². The maximum atomic E-state index is 5.66. The first-order valence-electron chi connectivity index (χ1n) is 7.84. The van der Waals surface area contributed by atoms with Gasteiger partial charge in [-0.3, -0.25) is 9.97 Å². The van der Waals surface area contributed by atoms with E-state index in [9.17, 15) is 0 Å². The highest BCUT2D eigenvalue weighted by atomic mass is 79.9. The number of hydrogen-bond donors (Lipinski definition) is 1. The molecule has 0 unspecified atom stereocenters. The fraction of sp³-hybridized carbons (Fsp3) is 0.167. The van der Waals surface area contributed by atoms with Gasteiger partial charge in [-0.1, -0.05) is 6.07 Å². The van der Waals surface area contributed by atoms with Crippen molar-refractivity contribution in [1.29, 1.82) is 0 Å². The molecule has 1 saturated heterocycles. The lowest BCUT2D eigenvalue weighted by Crippen LogP contribution is -2.28. The number of hydrogen-bond acceptors (Lipinski definition) is 4. The highest BCUT2D eigenvalue weighted by Gasteiger charge is 2.40. The highest BCUT2D eigenvalue weighted by Crippen LogP contribution is 2.42. The Labute approximate surface area is 164 Å². The number of halogens is 1. The fourth-order valence-electron chi connectivity index (χ4n) is 3.06. The Bertz CT molecular complexity index is 869. The van der Waals surface area contributed by atoms with E-state index in [1.54, 1.807) is 11.3 Å². The summed E-state index contributed by atoms with van der Waals surface area (Å²) >= 11 is 11.0. The molecule has 0 amide bonds. The summed E-state index contributed by atoms with van der Waals surface area (Å²) in [4.78, 5) is 12.1. The molecule has 0 spiro atoms. The summed E-state index contributed by atoms with van der Waals surface area (Å²) in [6.45, 7) is 0.734. The van der Waals surface area contributed by atoms with E-state index in [0.717, 1.165) is 21.1 Å². The number of nitrogens with one attached hydrogen (secondary N) is 1. The molecular formula is C18H15BrN4S2. The topological polar surface area (TPSA) is 41.1 Å². The molecule has 0 aliphatic carbocycles. The number of aromatic nitrogens is 2. The van der Waals surface area contributed by atoms with E-state index in [1.807, 2.05) is 48.9 Å². The zero-order valence-corrected chi connectivity index (χ0v) is 16.4. The first kappa shape index (κ1) is 16.6. The van der Waals surface area contributed by atoms with Crippen molar-refractivity contribution in [2.45, 2.75) is 18.6 Å². The van der Waals surface area contributed by atoms with Gasteiger partial charge in [-0.25, -0.2) is 0 Å². The predicted octanol–water partition coefficient (Wildman–Crippen LogP) is 4.47. The minimum atomic E-state index is 0.0288. The van der Waals surface area contributed by atoms with Gasteiger partial charge in [0.15, 0.2) is 5.11 Å². The SMILES string of the molecule is S=C1N[C@H](c2ccccn2)[C@@H](c2ccc(Br)s2)N1Cc1ccncc1. The Balaban J connectivity index is 1.72. The van der Waals surface area contributed by atoms with Crippen LogP contribution in [0.4, 0.5) is 0 Å². The third-order valence-electron chi connectivity index (χ3n) is 4.19. The maximum Gasteiger partial charge on any atom is 0.170 e. The molecule has 1 N–H and O–H groups in total. The Hall–Kier alpha value is -1.83. The van der Waals surface area contributed by atoms with Gasteiger partial charge in [0.25, 0.3) is 0 Å². The minimum absolute atomic E-state index is 0.0288. The number of pyridine rings is 2. The lowest BCUT2D eigenvalue weighted by atomic mass is 10.0. The number of rotatable bonds is 4. The lowest BCUT2D eigenvalue weighted by Gasteiger charge is -2.26. The van der Waals surface area contributed by atoms with Gasteiger partial charge in [0.1, 0.15) is 0 Å². The van der Waals surface area contributed by atoms with E-state index in [1.165, 1.54) is 10.4 Å². The van der Waals surface area contributed by atoms with E-state index < -0.39 is 0 Å². The number of thiophene rings is 1. The molecule has 4 nitrogen and oxygen atoms in total. The summed E-state index contributed by atoms with van der Waals surface area (Å²) in [6.07, 6.45) is 5.46. The molecule has 126 valence electrons. The van der Waals surface area contributed by atoms with Crippen LogP contribution in [0.3, 0.4) is 0 Å². The Kier molecular flexibility index (Phi) is 4.78. The molecule has 4 heterocycles. The van der Waals surface area contributed by atoms with Gasteiger partial charge >= 0.3 is 0 Å². The largest absolute Gasteiger partial charge is 0.352 e. The molecule has 3 aromatic rings. The number of thiocarbonyl (C=S) groups is 1. The Morgan fingerprint density at radius 2 is 1.96 bits per heavy atom. The second-order valence-electron chi connectivity index (χ2n) is 5.75. The zero-order valence-electron chi connectivity index (χ0n) is 13.2. The number of nitrogens with zero attached hydrogens (tertiary/aromatic N) is 3. The first-order valence-corrected chi connectivity index (χ1v) is 9.86. The van der Waals surface area contributed by atoms with Gasteiger partial charge in [0.2, 0.25) is 0 Å². The van der Waals surface area contributed by atoms with Crippen LogP contribution in [-0.4, -0.2) is 20.0 Å². The molecular weight excluding hydrogens is 416 g/mol. The van der Waals surface area contributed by atoms with Gasteiger partial charge in [-0.2, -0.15) is 0 Å². The molecule has 3 aromatic heterocycles. The molecule has 0 aromatic carbocycles. The smallest absolute Gasteiger partial charge is 0.170 e. The van der Waals surface area contributed by atoms with Gasteiger partial charge in [-0.05, 0) is 70.1 Å². The molecule has 1 fully saturated rings. The highest BCUT2D eigenvalue weighted by molar-refractivity contribution is 9.11. The van der Waals surface area contributed by atoms with Gasteiger partial charge in [-0.15, -0.1) is 11.3 Å². The maximum absolute atomic E-state index is 5.66. The van der Waals surface area contributed by atoms with E-state index in [-0.39, 0.29) is 12.1 Å². The monoisotopic (exact) mass is 430 g/mol. The van der Waals surface area contributed by atoms with Crippen molar-refractivity contribution in [3.63, 3.8) is 0 Å². The summed E-state index contributed by atoms with van der Waals surface area (Å²) in [5.41, 5.74) is 2.18. The van der Waals surface area contributed by atoms with E-state index in [4.69, 9.17) is 12.2 Å². The average Bonchev–Trinajstić information content (AvgIpc) is 3.20. The van der Waals surface area contributed by atoms with Crippen molar-refractivity contribution in [3.05, 3.63) is 81.0 Å². The van der Waals surface area contributed by atoms with Crippen molar-refractivity contribution < 1.29 is 0 Å². The van der Waals surface area contributed by atoms with Crippen LogP contribution in [0.15, 0.2) is 64.8 Å². The van der Waals surface area contributed by atoms with Crippen LogP contribution in [0.5, 0.6) is 0 Å². The molecule has 25 heavy (non-hydrogen) atoms. The van der Waals surface area contributed by atoms with Crippen LogP contribution in [0.25, 0.3) is 0 Å². The molecule has 0 radical (unpaired) electrons. The fourth-order valence-corrected chi connectivity index (χ4v) is 4.94. The average molecular weight is 431 g/mol. The first-order chi connectivity index (χ1) is 12.2. The molecule has 1 aliphatic rings. The third-order valence-corrected chi connectivity index (χ3v) is 6.23. The summed E-state index contributed by atoms with van der Waals surface area (Å²) in [6, 6.07) is 14.4. The van der Waals surface area contributed by atoms with Gasteiger partial charge < -0.3 is 10.2 Å². The van der Waals surface area contributed by atoms with Crippen LogP contribution in [-0.2, 0) is 6.54 Å². The predicted molar refractivity (Wildman–Crippen MR) is 107 cm³/mol. The summed E-state index contributed by atoms with van der Waals surface area (Å²) < 4.78 is 1.11. The molecule has 2 atom stereocenters. The minimum Gasteiger partial charge on any atom is -0.352 e. The second-order valence-corrected chi connectivity index (χ2v) is 8.63. The van der Waals surface area contributed by atoms with Gasteiger partial charge in [0.05, 0.1) is 21.6 Å². The Morgan fingerprint density at radius 3 is 2.64 bits per heavy atom. The summed E-state index contributed by atoms with van der Waals surface area (Å²) in [5.74, 6) is 0. The summed E-state index contributed by atoms with van der Waals surface area (Å²) in [5, 5.41) is 4.22. The zero-order chi connectivity index (χ0) is 17.2. The van der Waals surface area contributed by atoms with Crippen molar-refractivity contribution in [3.8, 4) is 0 Å². The molecule has 1 aliphatic heterocycles. The lowest BCUT2D eigenvalue weighted by molar-refractivity contribution is 0.315. The molecule has 4 rings (SSSR count). The van der Waals surface area contributed by atoms with Crippen LogP contribution < -0.4 is 5.32 Å². The van der Waals surface area contributed by atoms with E-state index in [0.29, 0.717) is 0 Å². The van der Waals surface area contributed by atoms with Crippen molar-refractivity contribution in [2.75, 3.05) is 0 Å². The van der Waals surface area contributed by atoms with Crippen LogP contribution in [0.1, 0.15) is 28.2 Å². The molecule has 7 heteroatoms. The second kappa shape index (κ2) is 7.19. The van der Waals surface area contributed by atoms with Crippen LogP contribution in [0, 0.1) is 0 Å². The van der Waals surface area contributed by atoms with Gasteiger partial charge in [0, 0.05) is 30.0 Å². The summed E-state index contributed by atoms with van der Waals surface area (Å²) in [7, 11) is 0. The quantitative estimate of drug-likeness (QED) is 0.618. The third kappa shape index (κ3) is 3.44. The van der Waals surface area contributed by atoms with Crippen LogP contribution in [0.2, 0.25) is 0 Å². The van der Waals surface area contributed by atoms with Crippen LogP contribution >= 0.6 is 39.5 Å². The van der Waals surface area contributed by atoms with Crippen molar-refractivity contribution in [2.24, 2.45) is 0 Å². The molecule has 0 bridgehead atoms. The van der Waals surface area contributed by atoms with Crippen molar-refractivity contribution >= 4 is 44.6 Å². The standard InChI is InChI=1S/C18H15BrN4S2/c19-15-5-4-14(25-15)17-16(13-3-1-2-8-21-13)22-18(24)23(17)11-12-6-9-20-10-7-12/h1-10,16-17H,11H2,(H,22,24)/t16-,17-/m1/s1. The van der Waals surface area contributed by atoms with E-state index in [2.05, 4.69) is 48.2 Å². The molecule has 0 saturated carbocycles.